The molecule has 0 aliphatic carbocycles. The predicted octanol–water partition coefficient (Wildman–Crippen LogP) is 0.558. The predicted molar refractivity (Wildman–Crippen MR) is 70.7 cm³/mol. The Morgan fingerprint density at radius 1 is 1.15 bits per heavy atom. The Balaban J connectivity index is 2.38. The second-order valence-corrected chi connectivity index (χ2v) is 5.42. The number of sulfonamides is 1. The maximum Gasteiger partial charge on any atom is 0.358 e. The van der Waals surface area contributed by atoms with Gasteiger partial charge in [0.25, 0.3) is 10.0 Å². The molecule has 0 fully saturated rings. The van der Waals surface area contributed by atoms with Crippen LogP contribution >= 0.6 is 0 Å². The lowest BCUT2D eigenvalue weighted by molar-refractivity contribution is 0.0691. The minimum atomic E-state index is -3.96. The first-order valence-electron chi connectivity index (χ1n) is 5.33. The summed E-state index contributed by atoms with van der Waals surface area (Å²) in [5.41, 5.74) is 5.40. The topological polar surface area (TPSA) is 135 Å². The fourth-order valence-electron chi connectivity index (χ4n) is 1.40. The van der Waals surface area contributed by atoms with Gasteiger partial charge in [0, 0.05) is 18.1 Å². The summed E-state index contributed by atoms with van der Waals surface area (Å²) in [6.45, 7) is 0. The van der Waals surface area contributed by atoms with Crippen LogP contribution < -0.4 is 10.5 Å². The Bertz CT molecular complexity index is 743. The number of benzene rings is 1. The number of carboxylic acid groups (broad SMARTS) is 1. The summed E-state index contributed by atoms with van der Waals surface area (Å²) < 4.78 is 26.2. The molecule has 0 spiro atoms. The molecule has 1 aromatic carbocycles. The average Bonchev–Trinajstić information content (AvgIpc) is 2.39. The number of nitrogen functional groups attached to an aromatic ring is 1. The molecular formula is C11H10N4O4S. The molecule has 0 saturated carbocycles. The summed E-state index contributed by atoms with van der Waals surface area (Å²) in [5, 5.41) is 8.92. The van der Waals surface area contributed by atoms with Crippen LogP contribution in [-0.4, -0.2) is 29.5 Å². The average molecular weight is 294 g/mol. The molecule has 9 heteroatoms. The van der Waals surface area contributed by atoms with Crippen LogP contribution in [0.1, 0.15) is 10.5 Å². The largest absolute Gasteiger partial charge is 0.476 e. The third-order valence-electron chi connectivity index (χ3n) is 2.32. The number of rotatable bonds is 4. The summed E-state index contributed by atoms with van der Waals surface area (Å²) in [5.74, 6) is -1.73. The molecule has 2 rings (SSSR count). The molecule has 2 aromatic rings. The second kappa shape index (κ2) is 5.13. The van der Waals surface area contributed by atoms with E-state index in [1.54, 1.807) is 0 Å². The Labute approximate surface area is 114 Å². The molecule has 1 aromatic heterocycles. The van der Waals surface area contributed by atoms with Crippen molar-refractivity contribution in [3.05, 3.63) is 42.4 Å². The van der Waals surface area contributed by atoms with Gasteiger partial charge in [0.05, 0.1) is 4.90 Å². The molecule has 0 radical (unpaired) electrons. The van der Waals surface area contributed by atoms with Crippen LogP contribution in [0.5, 0.6) is 0 Å². The van der Waals surface area contributed by atoms with Gasteiger partial charge in [0.15, 0.2) is 11.5 Å². The SMILES string of the molecule is Nc1ccc(S(=O)(=O)Nc2nccnc2C(=O)O)cc1. The van der Waals surface area contributed by atoms with Crippen molar-refractivity contribution >= 4 is 27.5 Å². The summed E-state index contributed by atoms with van der Waals surface area (Å²) >= 11 is 0. The van der Waals surface area contributed by atoms with Gasteiger partial charge in [-0.2, -0.15) is 0 Å². The van der Waals surface area contributed by atoms with Gasteiger partial charge in [0.2, 0.25) is 0 Å². The number of nitrogens with zero attached hydrogens (tertiary/aromatic N) is 2. The lowest BCUT2D eigenvalue weighted by atomic mass is 10.3. The number of carbonyl (C=O) groups is 1. The fourth-order valence-corrected chi connectivity index (χ4v) is 2.42. The molecule has 8 nitrogen and oxygen atoms in total. The van der Waals surface area contributed by atoms with Crippen molar-refractivity contribution < 1.29 is 18.3 Å². The highest BCUT2D eigenvalue weighted by atomic mass is 32.2. The molecule has 0 unspecified atom stereocenters. The van der Waals surface area contributed by atoms with Gasteiger partial charge in [-0.1, -0.05) is 0 Å². The summed E-state index contributed by atoms with van der Waals surface area (Å²) in [6, 6.07) is 5.44. The van der Waals surface area contributed by atoms with Crippen molar-refractivity contribution in [2.75, 3.05) is 10.5 Å². The zero-order chi connectivity index (χ0) is 14.8. The maximum absolute atomic E-state index is 12.1. The van der Waals surface area contributed by atoms with Crippen LogP contribution in [0.4, 0.5) is 11.5 Å². The highest BCUT2D eigenvalue weighted by Crippen LogP contribution is 2.17. The van der Waals surface area contributed by atoms with Crippen molar-refractivity contribution in [1.82, 2.24) is 9.97 Å². The first kappa shape index (κ1) is 13.7. The highest BCUT2D eigenvalue weighted by molar-refractivity contribution is 7.92. The van der Waals surface area contributed by atoms with E-state index in [1.165, 1.54) is 30.5 Å². The van der Waals surface area contributed by atoms with Gasteiger partial charge in [-0.15, -0.1) is 0 Å². The van der Waals surface area contributed by atoms with Crippen molar-refractivity contribution in [3.63, 3.8) is 0 Å². The van der Waals surface area contributed by atoms with Crippen LogP contribution in [0, 0.1) is 0 Å². The van der Waals surface area contributed by atoms with E-state index in [2.05, 4.69) is 14.7 Å². The van der Waals surface area contributed by atoms with E-state index >= 15 is 0 Å². The minimum Gasteiger partial charge on any atom is -0.476 e. The van der Waals surface area contributed by atoms with Crippen LogP contribution in [-0.2, 0) is 10.0 Å². The Morgan fingerprint density at radius 3 is 2.35 bits per heavy atom. The van der Waals surface area contributed by atoms with Crippen molar-refractivity contribution in [1.29, 1.82) is 0 Å². The van der Waals surface area contributed by atoms with E-state index in [-0.39, 0.29) is 10.7 Å². The van der Waals surface area contributed by atoms with Gasteiger partial charge >= 0.3 is 5.97 Å². The van der Waals surface area contributed by atoms with E-state index in [4.69, 9.17) is 10.8 Å². The Morgan fingerprint density at radius 2 is 1.75 bits per heavy atom. The lowest BCUT2D eigenvalue weighted by Gasteiger charge is -2.08. The number of anilines is 2. The van der Waals surface area contributed by atoms with Crippen LogP contribution in [0.3, 0.4) is 0 Å². The van der Waals surface area contributed by atoms with Crippen molar-refractivity contribution in [2.45, 2.75) is 4.90 Å². The molecule has 0 amide bonds. The molecule has 0 bridgehead atoms. The van der Waals surface area contributed by atoms with Gasteiger partial charge in [-0.3, -0.25) is 4.72 Å². The number of hydrogen-bond donors (Lipinski definition) is 3. The van der Waals surface area contributed by atoms with E-state index in [0.717, 1.165) is 6.20 Å². The van der Waals surface area contributed by atoms with Crippen LogP contribution in [0.25, 0.3) is 0 Å². The number of carboxylic acids is 1. The monoisotopic (exact) mass is 294 g/mol. The molecule has 0 saturated heterocycles. The van der Waals surface area contributed by atoms with E-state index in [0.29, 0.717) is 5.69 Å². The highest BCUT2D eigenvalue weighted by Gasteiger charge is 2.20. The number of hydrogen-bond acceptors (Lipinski definition) is 6. The van der Waals surface area contributed by atoms with Crippen LogP contribution in [0.15, 0.2) is 41.6 Å². The summed E-state index contributed by atoms with van der Waals surface area (Å²) in [4.78, 5) is 18.1. The maximum atomic E-state index is 12.1. The molecule has 0 atom stereocenters. The van der Waals surface area contributed by atoms with Crippen molar-refractivity contribution in [3.8, 4) is 0 Å². The van der Waals surface area contributed by atoms with Gasteiger partial charge in [-0.05, 0) is 24.3 Å². The normalized spacial score (nSPS) is 11.0. The molecule has 104 valence electrons. The second-order valence-electron chi connectivity index (χ2n) is 3.73. The molecule has 1 heterocycles. The first-order chi connectivity index (χ1) is 9.40. The third kappa shape index (κ3) is 2.83. The number of nitrogens with two attached hydrogens (primary N) is 1. The number of aromatic nitrogens is 2. The summed E-state index contributed by atoms with van der Waals surface area (Å²) in [6.07, 6.45) is 2.34. The number of nitrogens with one attached hydrogen (secondary N) is 1. The molecule has 0 aliphatic heterocycles. The lowest BCUT2D eigenvalue weighted by Crippen LogP contribution is -2.17. The van der Waals surface area contributed by atoms with Crippen LogP contribution in [0.2, 0.25) is 0 Å². The zero-order valence-corrected chi connectivity index (χ0v) is 10.8. The molecule has 0 aliphatic rings. The van der Waals surface area contributed by atoms with Gasteiger partial charge < -0.3 is 10.8 Å². The fraction of sp³-hybridized carbons (Fsp3) is 0. The van der Waals surface area contributed by atoms with E-state index in [9.17, 15) is 13.2 Å². The molecule has 20 heavy (non-hydrogen) atoms. The zero-order valence-electron chi connectivity index (χ0n) is 10.0. The Hall–Kier alpha value is -2.68. The first-order valence-corrected chi connectivity index (χ1v) is 6.81. The number of aromatic carboxylic acids is 1. The molecular weight excluding hydrogens is 284 g/mol. The summed E-state index contributed by atoms with van der Waals surface area (Å²) in [7, 11) is -3.96. The smallest absolute Gasteiger partial charge is 0.358 e. The quantitative estimate of drug-likeness (QED) is 0.701. The van der Waals surface area contributed by atoms with E-state index < -0.39 is 21.7 Å². The van der Waals surface area contributed by atoms with Crippen molar-refractivity contribution in [2.24, 2.45) is 0 Å². The standard InChI is InChI=1S/C11H10N4O4S/c12-7-1-3-8(4-2-7)20(18,19)15-10-9(11(16)17)13-5-6-14-10/h1-6H,12H2,(H,14,15)(H,16,17). The van der Waals surface area contributed by atoms with Gasteiger partial charge in [-0.25, -0.2) is 23.2 Å². The minimum absolute atomic E-state index is 0.0614. The van der Waals surface area contributed by atoms with Gasteiger partial charge in [0.1, 0.15) is 0 Å². The van der Waals surface area contributed by atoms with E-state index in [1.807, 2.05) is 0 Å². The third-order valence-corrected chi connectivity index (χ3v) is 3.68. The Kier molecular flexibility index (Phi) is 3.53. The molecule has 4 N–H and O–H groups in total.